The molecule has 0 bridgehead atoms. The summed E-state index contributed by atoms with van der Waals surface area (Å²) in [4.78, 5) is 4.45. The van der Waals surface area contributed by atoms with Crippen LogP contribution in [0.5, 0.6) is 0 Å². The van der Waals surface area contributed by atoms with Crippen molar-refractivity contribution in [1.82, 2.24) is 20.1 Å². The Bertz CT molecular complexity index is 525. The molecule has 0 radical (unpaired) electrons. The molecule has 102 valence electrons. The quantitative estimate of drug-likeness (QED) is 0.896. The largest absolute Gasteiger partial charge is 0.306 e. The van der Waals surface area contributed by atoms with E-state index < -0.39 is 0 Å². The van der Waals surface area contributed by atoms with E-state index in [0.29, 0.717) is 0 Å². The van der Waals surface area contributed by atoms with Crippen molar-refractivity contribution < 1.29 is 0 Å². The van der Waals surface area contributed by atoms with Crippen LogP contribution in [0.25, 0.3) is 0 Å². The van der Waals surface area contributed by atoms with Crippen molar-refractivity contribution in [1.29, 1.82) is 0 Å². The van der Waals surface area contributed by atoms with Crippen molar-refractivity contribution in [2.75, 3.05) is 6.54 Å². The number of rotatable bonds is 5. The molecular weight excluding hydrogens is 236 g/mol. The van der Waals surface area contributed by atoms with Gasteiger partial charge in [0.15, 0.2) is 0 Å². The highest BCUT2D eigenvalue weighted by Crippen LogP contribution is 2.22. The van der Waals surface area contributed by atoms with Gasteiger partial charge in [-0.3, -0.25) is 9.67 Å². The second-order valence-corrected chi connectivity index (χ2v) is 5.02. The van der Waals surface area contributed by atoms with Crippen LogP contribution in [0.2, 0.25) is 0 Å². The van der Waals surface area contributed by atoms with Crippen molar-refractivity contribution in [3.63, 3.8) is 0 Å². The summed E-state index contributed by atoms with van der Waals surface area (Å²) in [5.74, 6) is 0. The van der Waals surface area contributed by atoms with Crippen molar-refractivity contribution in [3.8, 4) is 0 Å². The van der Waals surface area contributed by atoms with Crippen LogP contribution in [0.3, 0.4) is 0 Å². The monoisotopic (exact) mass is 258 g/mol. The third kappa shape index (κ3) is 3.41. The number of hydrogen-bond acceptors (Lipinski definition) is 3. The third-order valence-corrected chi connectivity index (χ3v) is 3.09. The minimum absolute atomic E-state index is 0.189. The topological polar surface area (TPSA) is 42.7 Å². The molecule has 0 aromatic carbocycles. The maximum atomic E-state index is 4.45. The van der Waals surface area contributed by atoms with Crippen LogP contribution in [0, 0.1) is 13.8 Å². The Hall–Kier alpha value is -1.68. The zero-order valence-electron chi connectivity index (χ0n) is 12.1. The van der Waals surface area contributed by atoms with E-state index in [-0.39, 0.29) is 6.04 Å². The zero-order valence-corrected chi connectivity index (χ0v) is 12.1. The van der Waals surface area contributed by atoms with Crippen LogP contribution in [0.15, 0.2) is 24.5 Å². The Kier molecular flexibility index (Phi) is 4.32. The van der Waals surface area contributed by atoms with Gasteiger partial charge in [-0.25, -0.2) is 0 Å². The Morgan fingerprint density at radius 2 is 1.89 bits per heavy atom. The summed E-state index contributed by atoms with van der Waals surface area (Å²) < 4.78 is 1.84. The first-order valence-corrected chi connectivity index (χ1v) is 6.77. The van der Waals surface area contributed by atoms with E-state index in [1.54, 1.807) is 0 Å². The van der Waals surface area contributed by atoms with Gasteiger partial charge in [0, 0.05) is 30.2 Å². The van der Waals surface area contributed by atoms with E-state index in [1.807, 2.05) is 31.8 Å². The summed E-state index contributed by atoms with van der Waals surface area (Å²) in [7, 11) is 1.95. The van der Waals surface area contributed by atoms with Crippen LogP contribution in [0.1, 0.15) is 41.9 Å². The molecule has 2 rings (SSSR count). The van der Waals surface area contributed by atoms with Gasteiger partial charge in [0.05, 0.1) is 12.2 Å². The van der Waals surface area contributed by atoms with Crippen molar-refractivity contribution in [3.05, 3.63) is 47.0 Å². The maximum Gasteiger partial charge on any atom is 0.0609 e. The highest BCUT2D eigenvalue weighted by Gasteiger charge is 2.15. The van der Waals surface area contributed by atoms with E-state index >= 15 is 0 Å². The lowest BCUT2D eigenvalue weighted by molar-refractivity contribution is 0.596. The summed E-state index contributed by atoms with van der Waals surface area (Å²) in [6, 6.07) is 4.48. The molecule has 4 heteroatoms. The number of aromatic nitrogens is 3. The smallest absolute Gasteiger partial charge is 0.0609 e. The number of hydrogen-bond donors (Lipinski definition) is 1. The number of nitrogens with one attached hydrogen (secondary N) is 1. The van der Waals surface area contributed by atoms with Gasteiger partial charge in [0.25, 0.3) is 0 Å². The van der Waals surface area contributed by atoms with Crippen molar-refractivity contribution in [2.45, 2.75) is 33.2 Å². The average molecular weight is 258 g/mol. The summed E-state index contributed by atoms with van der Waals surface area (Å²) in [5, 5.41) is 7.87. The fourth-order valence-electron chi connectivity index (χ4n) is 2.34. The van der Waals surface area contributed by atoms with Gasteiger partial charge in [0.2, 0.25) is 0 Å². The molecule has 19 heavy (non-hydrogen) atoms. The van der Waals surface area contributed by atoms with E-state index in [4.69, 9.17) is 0 Å². The van der Waals surface area contributed by atoms with Gasteiger partial charge in [-0.2, -0.15) is 5.10 Å². The van der Waals surface area contributed by atoms with Crippen LogP contribution >= 0.6 is 0 Å². The van der Waals surface area contributed by atoms with Gasteiger partial charge in [0.1, 0.15) is 0 Å². The first kappa shape index (κ1) is 13.7. The molecule has 0 fully saturated rings. The molecule has 1 N–H and O–H groups in total. The highest BCUT2D eigenvalue weighted by molar-refractivity contribution is 5.31. The van der Waals surface area contributed by atoms with Gasteiger partial charge < -0.3 is 5.32 Å². The molecule has 0 spiro atoms. The molecule has 1 atom stereocenters. The predicted octanol–water partition coefficient (Wildman–Crippen LogP) is 2.52. The normalized spacial score (nSPS) is 12.6. The van der Waals surface area contributed by atoms with E-state index in [0.717, 1.165) is 24.4 Å². The van der Waals surface area contributed by atoms with E-state index in [9.17, 15) is 0 Å². The minimum atomic E-state index is 0.189. The molecule has 0 amide bonds. The van der Waals surface area contributed by atoms with Crippen LogP contribution in [-0.2, 0) is 7.05 Å². The van der Waals surface area contributed by atoms with Crippen molar-refractivity contribution in [2.24, 2.45) is 7.05 Å². The lowest BCUT2D eigenvalue weighted by Crippen LogP contribution is -2.23. The number of aryl methyl sites for hydroxylation is 3. The van der Waals surface area contributed by atoms with Crippen LogP contribution in [-0.4, -0.2) is 21.3 Å². The summed E-state index contributed by atoms with van der Waals surface area (Å²) >= 11 is 0. The molecule has 2 aromatic heterocycles. The lowest BCUT2D eigenvalue weighted by atomic mass is 10.0. The molecule has 0 aliphatic rings. The first-order chi connectivity index (χ1) is 9.10. The Labute approximate surface area is 114 Å². The second-order valence-electron chi connectivity index (χ2n) is 5.02. The van der Waals surface area contributed by atoms with Gasteiger partial charge in [-0.05, 0) is 44.5 Å². The summed E-state index contributed by atoms with van der Waals surface area (Å²) in [6.45, 7) is 7.24. The third-order valence-electron chi connectivity index (χ3n) is 3.09. The van der Waals surface area contributed by atoms with E-state index in [2.05, 4.69) is 40.7 Å². The zero-order chi connectivity index (χ0) is 13.8. The molecule has 4 nitrogen and oxygen atoms in total. The van der Waals surface area contributed by atoms with Crippen LogP contribution in [0.4, 0.5) is 0 Å². The standard InChI is InChI=1S/C15H22N4/c1-5-6-16-15(14-9-17-19(4)10-14)13-7-11(2)18-12(3)8-13/h7-10,15-16H,5-6H2,1-4H3. The second kappa shape index (κ2) is 5.97. The van der Waals surface area contributed by atoms with Gasteiger partial charge in [-0.1, -0.05) is 6.92 Å². The van der Waals surface area contributed by atoms with Gasteiger partial charge in [-0.15, -0.1) is 0 Å². The fourth-order valence-corrected chi connectivity index (χ4v) is 2.34. The Balaban J connectivity index is 2.36. The van der Waals surface area contributed by atoms with E-state index in [1.165, 1.54) is 11.1 Å². The fraction of sp³-hybridized carbons (Fsp3) is 0.467. The summed E-state index contributed by atoms with van der Waals surface area (Å²) in [5.41, 5.74) is 4.57. The van der Waals surface area contributed by atoms with Crippen LogP contribution < -0.4 is 5.32 Å². The molecule has 0 saturated carbocycles. The Morgan fingerprint density at radius 3 is 2.42 bits per heavy atom. The molecule has 1 unspecified atom stereocenters. The highest BCUT2D eigenvalue weighted by atomic mass is 15.2. The number of nitrogens with zero attached hydrogens (tertiary/aromatic N) is 3. The lowest BCUT2D eigenvalue weighted by Gasteiger charge is -2.18. The molecule has 2 heterocycles. The molecule has 0 saturated heterocycles. The molecule has 0 aliphatic heterocycles. The maximum absolute atomic E-state index is 4.45. The van der Waals surface area contributed by atoms with Gasteiger partial charge >= 0.3 is 0 Å². The molecular formula is C15H22N4. The Morgan fingerprint density at radius 1 is 1.21 bits per heavy atom. The first-order valence-electron chi connectivity index (χ1n) is 6.77. The predicted molar refractivity (Wildman–Crippen MR) is 77.1 cm³/mol. The molecule has 0 aliphatic carbocycles. The number of pyridine rings is 1. The van der Waals surface area contributed by atoms with Crippen molar-refractivity contribution >= 4 is 0 Å². The minimum Gasteiger partial charge on any atom is -0.306 e. The SMILES string of the molecule is CCCNC(c1cc(C)nc(C)c1)c1cnn(C)c1. The summed E-state index contributed by atoms with van der Waals surface area (Å²) in [6.07, 6.45) is 5.11. The average Bonchev–Trinajstić information content (AvgIpc) is 2.75. The molecule has 2 aromatic rings.